The van der Waals surface area contributed by atoms with E-state index in [1.807, 2.05) is 31.3 Å². The summed E-state index contributed by atoms with van der Waals surface area (Å²) in [7, 11) is 3.58. The van der Waals surface area contributed by atoms with E-state index in [1.54, 1.807) is 13.2 Å². The fourth-order valence-corrected chi connectivity index (χ4v) is 2.74. The molecule has 0 saturated carbocycles. The van der Waals surface area contributed by atoms with E-state index in [9.17, 15) is 4.39 Å². The highest BCUT2D eigenvalue weighted by Crippen LogP contribution is 2.29. The summed E-state index contributed by atoms with van der Waals surface area (Å²) in [5.41, 5.74) is 2.14. The SMILES string of the molecule is CNC(Cc1ccc(F)cc1Br)c1ccccc1OC. The summed E-state index contributed by atoms with van der Waals surface area (Å²) in [6.07, 6.45) is 0.748. The van der Waals surface area contributed by atoms with Gasteiger partial charge in [0.1, 0.15) is 11.6 Å². The predicted molar refractivity (Wildman–Crippen MR) is 82.6 cm³/mol. The third-order valence-corrected chi connectivity index (χ3v) is 4.04. The molecular formula is C16H17BrFNO. The molecule has 4 heteroatoms. The van der Waals surface area contributed by atoms with Crippen molar-refractivity contribution in [1.29, 1.82) is 0 Å². The second-order valence-corrected chi connectivity index (χ2v) is 5.38. The monoisotopic (exact) mass is 337 g/mol. The maximum atomic E-state index is 13.1. The molecule has 0 radical (unpaired) electrons. The van der Waals surface area contributed by atoms with Crippen molar-refractivity contribution in [2.45, 2.75) is 12.5 Å². The lowest BCUT2D eigenvalue weighted by atomic mass is 9.98. The van der Waals surface area contributed by atoms with Crippen molar-refractivity contribution in [2.75, 3.05) is 14.2 Å². The number of rotatable bonds is 5. The number of halogens is 2. The number of likely N-dealkylation sites (N-methyl/N-ethyl adjacent to an activating group) is 1. The highest BCUT2D eigenvalue weighted by molar-refractivity contribution is 9.10. The molecule has 0 saturated heterocycles. The molecule has 2 rings (SSSR count). The summed E-state index contributed by atoms with van der Waals surface area (Å²) in [6, 6.07) is 12.8. The smallest absolute Gasteiger partial charge is 0.124 e. The van der Waals surface area contributed by atoms with E-state index in [1.165, 1.54) is 12.1 Å². The van der Waals surface area contributed by atoms with Gasteiger partial charge in [0, 0.05) is 16.1 Å². The summed E-state index contributed by atoms with van der Waals surface area (Å²) in [5, 5.41) is 3.29. The minimum atomic E-state index is -0.237. The van der Waals surface area contributed by atoms with Crippen LogP contribution < -0.4 is 10.1 Å². The molecule has 0 heterocycles. The summed E-state index contributed by atoms with van der Waals surface area (Å²) in [5.74, 6) is 0.615. The molecule has 2 aromatic rings. The second kappa shape index (κ2) is 6.86. The van der Waals surface area contributed by atoms with Crippen molar-refractivity contribution < 1.29 is 9.13 Å². The van der Waals surface area contributed by atoms with Crippen molar-refractivity contribution in [3.63, 3.8) is 0 Å². The Kier molecular flexibility index (Phi) is 5.15. The summed E-state index contributed by atoms with van der Waals surface area (Å²) in [6.45, 7) is 0. The zero-order chi connectivity index (χ0) is 14.5. The van der Waals surface area contributed by atoms with Gasteiger partial charge in [0.15, 0.2) is 0 Å². The van der Waals surface area contributed by atoms with E-state index in [-0.39, 0.29) is 11.9 Å². The topological polar surface area (TPSA) is 21.3 Å². The molecule has 0 fully saturated rings. The third kappa shape index (κ3) is 3.38. The number of hydrogen-bond donors (Lipinski definition) is 1. The van der Waals surface area contributed by atoms with E-state index in [4.69, 9.17) is 4.74 Å². The number of para-hydroxylation sites is 1. The first-order chi connectivity index (χ1) is 9.65. The van der Waals surface area contributed by atoms with Crippen LogP contribution in [0.2, 0.25) is 0 Å². The van der Waals surface area contributed by atoms with E-state index in [0.717, 1.165) is 27.8 Å². The largest absolute Gasteiger partial charge is 0.496 e. The van der Waals surface area contributed by atoms with Crippen LogP contribution in [0.1, 0.15) is 17.2 Å². The minimum Gasteiger partial charge on any atom is -0.496 e. The van der Waals surface area contributed by atoms with Crippen molar-refractivity contribution in [2.24, 2.45) is 0 Å². The predicted octanol–water partition coefficient (Wildman–Crippen LogP) is 4.10. The van der Waals surface area contributed by atoms with Gasteiger partial charge in [-0.25, -0.2) is 4.39 Å². The number of nitrogens with one attached hydrogen (secondary N) is 1. The molecule has 0 aliphatic rings. The number of hydrogen-bond acceptors (Lipinski definition) is 2. The quantitative estimate of drug-likeness (QED) is 0.886. The van der Waals surface area contributed by atoms with Crippen LogP contribution >= 0.6 is 15.9 Å². The zero-order valence-corrected chi connectivity index (χ0v) is 13.1. The molecule has 2 nitrogen and oxygen atoms in total. The highest BCUT2D eigenvalue weighted by Gasteiger charge is 2.16. The normalized spacial score (nSPS) is 12.2. The molecule has 0 bridgehead atoms. The van der Waals surface area contributed by atoms with E-state index in [2.05, 4.69) is 21.2 Å². The van der Waals surface area contributed by atoms with Crippen LogP contribution in [0.5, 0.6) is 5.75 Å². The van der Waals surface area contributed by atoms with Crippen molar-refractivity contribution in [3.05, 3.63) is 63.9 Å². The Morgan fingerprint density at radius 2 is 2.00 bits per heavy atom. The molecule has 1 N–H and O–H groups in total. The molecule has 0 aromatic heterocycles. The van der Waals surface area contributed by atoms with Crippen LogP contribution in [0.3, 0.4) is 0 Å². The molecule has 20 heavy (non-hydrogen) atoms. The lowest BCUT2D eigenvalue weighted by molar-refractivity contribution is 0.401. The van der Waals surface area contributed by atoms with E-state index < -0.39 is 0 Å². The molecule has 0 aliphatic carbocycles. The average molecular weight is 338 g/mol. The van der Waals surface area contributed by atoms with Crippen molar-refractivity contribution in [1.82, 2.24) is 5.32 Å². The summed E-state index contributed by atoms with van der Waals surface area (Å²) < 4.78 is 19.3. The van der Waals surface area contributed by atoms with Gasteiger partial charge in [-0.2, -0.15) is 0 Å². The fraction of sp³-hybridized carbons (Fsp3) is 0.250. The molecule has 0 amide bonds. The Hall–Kier alpha value is -1.39. The van der Waals surface area contributed by atoms with Gasteiger partial charge in [-0.3, -0.25) is 0 Å². The van der Waals surface area contributed by atoms with Gasteiger partial charge >= 0.3 is 0 Å². The van der Waals surface area contributed by atoms with Gasteiger partial charge in [0.2, 0.25) is 0 Å². The van der Waals surface area contributed by atoms with Crippen LogP contribution in [-0.4, -0.2) is 14.2 Å². The van der Waals surface area contributed by atoms with Crippen molar-refractivity contribution >= 4 is 15.9 Å². The summed E-state index contributed by atoms with van der Waals surface area (Å²) >= 11 is 3.41. The Balaban J connectivity index is 2.29. The first kappa shape index (κ1) is 15.0. The Labute approximate surface area is 127 Å². The van der Waals surface area contributed by atoms with Gasteiger partial charge in [0.25, 0.3) is 0 Å². The molecule has 2 aromatic carbocycles. The minimum absolute atomic E-state index is 0.105. The standard InChI is InChI=1S/C16H17BrFNO/c1-19-15(13-5-3-4-6-16(13)20-2)9-11-7-8-12(18)10-14(11)17/h3-8,10,15,19H,9H2,1-2H3. The molecule has 1 atom stereocenters. The maximum absolute atomic E-state index is 13.1. The number of methoxy groups -OCH3 is 1. The highest BCUT2D eigenvalue weighted by atomic mass is 79.9. The van der Waals surface area contributed by atoms with Gasteiger partial charge < -0.3 is 10.1 Å². The Morgan fingerprint density at radius 3 is 2.65 bits per heavy atom. The second-order valence-electron chi connectivity index (χ2n) is 4.52. The first-order valence-electron chi connectivity index (χ1n) is 6.39. The molecule has 0 aliphatic heterocycles. The molecule has 1 unspecified atom stereocenters. The lowest BCUT2D eigenvalue weighted by Crippen LogP contribution is -2.19. The van der Waals surface area contributed by atoms with E-state index >= 15 is 0 Å². The summed E-state index contributed by atoms with van der Waals surface area (Å²) in [4.78, 5) is 0. The van der Waals surface area contributed by atoms with Crippen LogP contribution in [-0.2, 0) is 6.42 Å². The van der Waals surface area contributed by atoms with Crippen LogP contribution in [0.15, 0.2) is 46.9 Å². The van der Waals surface area contributed by atoms with Crippen LogP contribution in [0.25, 0.3) is 0 Å². The fourth-order valence-electron chi connectivity index (χ4n) is 2.23. The van der Waals surface area contributed by atoms with E-state index in [0.29, 0.717) is 0 Å². The first-order valence-corrected chi connectivity index (χ1v) is 7.19. The van der Waals surface area contributed by atoms with Crippen molar-refractivity contribution in [3.8, 4) is 5.75 Å². The average Bonchev–Trinajstić information content (AvgIpc) is 2.46. The molecule has 106 valence electrons. The Bertz CT molecular complexity index is 588. The zero-order valence-electron chi connectivity index (χ0n) is 11.5. The van der Waals surface area contributed by atoms with Gasteiger partial charge in [-0.1, -0.05) is 40.2 Å². The van der Waals surface area contributed by atoms with Gasteiger partial charge in [-0.15, -0.1) is 0 Å². The Morgan fingerprint density at radius 1 is 1.25 bits per heavy atom. The number of ether oxygens (including phenoxy) is 1. The van der Waals surface area contributed by atoms with Gasteiger partial charge in [-0.05, 0) is 37.2 Å². The molecular weight excluding hydrogens is 321 g/mol. The third-order valence-electron chi connectivity index (χ3n) is 3.30. The number of benzene rings is 2. The lowest BCUT2D eigenvalue weighted by Gasteiger charge is -2.20. The van der Waals surface area contributed by atoms with Crippen LogP contribution in [0.4, 0.5) is 4.39 Å². The maximum Gasteiger partial charge on any atom is 0.124 e. The van der Waals surface area contributed by atoms with Gasteiger partial charge in [0.05, 0.1) is 7.11 Å². The molecule has 0 spiro atoms. The van der Waals surface area contributed by atoms with Crippen LogP contribution in [0, 0.1) is 5.82 Å².